The van der Waals surface area contributed by atoms with Crippen molar-refractivity contribution < 1.29 is 19.0 Å². The summed E-state index contributed by atoms with van der Waals surface area (Å²) in [4.78, 5) is 12.0. The number of hydrogen-bond donors (Lipinski definition) is 1. The predicted molar refractivity (Wildman–Crippen MR) is 67.1 cm³/mol. The number of nitrogens with one attached hydrogen (secondary N) is 1. The van der Waals surface area contributed by atoms with Gasteiger partial charge >= 0.3 is 0 Å². The van der Waals surface area contributed by atoms with Gasteiger partial charge in [-0.1, -0.05) is 0 Å². The lowest BCUT2D eigenvalue weighted by atomic mass is 10.2. The minimum Gasteiger partial charge on any atom is -0.497 e. The van der Waals surface area contributed by atoms with Crippen molar-refractivity contribution in [1.29, 1.82) is 0 Å². The summed E-state index contributed by atoms with van der Waals surface area (Å²) >= 11 is 0. The number of benzene rings is 1. The van der Waals surface area contributed by atoms with E-state index >= 15 is 0 Å². The summed E-state index contributed by atoms with van der Waals surface area (Å²) < 4.78 is 15.7. The van der Waals surface area contributed by atoms with Crippen molar-refractivity contribution in [2.24, 2.45) is 0 Å². The fourth-order valence-corrected chi connectivity index (χ4v) is 1.91. The lowest BCUT2D eigenvalue weighted by Gasteiger charge is -2.14. The van der Waals surface area contributed by atoms with E-state index in [9.17, 15) is 4.79 Å². The van der Waals surface area contributed by atoms with Gasteiger partial charge in [0.2, 0.25) is 0 Å². The quantitative estimate of drug-likeness (QED) is 0.886. The first-order valence-electron chi connectivity index (χ1n) is 5.89. The second kappa shape index (κ2) is 5.73. The Hall–Kier alpha value is -1.75. The van der Waals surface area contributed by atoms with Crippen LogP contribution in [0.15, 0.2) is 18.2 Å². The SMILES string of the molecule is COc1ccc(OC)c(NC(=O)C2CCCO2)c1. The Morgan fingerprint density at radius 1 is 1.39 bits per heavy atom. The molecule has 1 aliphatic rings. The molecule has 2 rings (SSSR count). The van der Waals surface area contributed by atoms with Gasteiger partial charge in [-0.25, -0.2) is 0 Å². The van der Waals surface area contributed by atoms with Crippen LogP contribution in [0, 0.1) is 0 Å². The molecule has 1 aromatic carbocycles. The summed E-state index contributed by atoms with van der Waals surface area (Å²) in [7, 11) is 3.14. The Bertz CT molecular complexity index is 427. The molecule has 0 aromatic heterocycles. The van der Waals surface area contributed by atoms with Crippen LogP contribution in [0.25, 0.3) is 0 Å². The first-order valence-corrected chi connectivity index (χ1v) is 5.89. The highest BCUT2D eigenvalue weighted by molar-refractivity contribution is 5.95. The molecule has 1 fully saturated rings. The third kappa shape index (κ3) is 2.73. The maximum absolute atomic E-state index is 12.0. The lowest BCUT2D eigenvalue weighted by molar-refractivity contribution is -0.124. The van der Waals surface area contributed by atoms with Gasteiger partial charge in [0.1, 0.15) is 17.6 Å². The Morgan fingerprint density at radius 3 is 2.83 bits per heavy atom. The number of methoxy groups -OCH3 is 2. The Morgan fingerprint density at radius 2 is 2.22 bits per heavy atom. The summed E-state index contributed by atoms with van der Waals surface area (Å²) in [5.74, 6) is 1.12. The number of hydrogen-bond acceptors (Lipinski definition) is 4. The van der Waals surface area contributed by atoms with Crippen LogP contribution in [-0.2, 0) is 9.53 Å². The molecule has 18 heavy (non-hydrogen) atoms. The highest BCUT2D eigenvalue weighted by atomic mass is 16.5. The number of amides is 1. The summed E-state index contributed by atoms with van der Waals surface area (Å²) in [5.41, 5.74) is 0.595. The monoisotopic (exact) mass is 251 g/mol. The third-order valence-corrected chi connectivity index (χ3v) is 2.89. The summed E-state index contributed by atoms with van der Waals surface area (Å²) in [5, 5.41) is 2.81. The summed E-state index contributed by atoms with van der Waals surface area (Å²) in [6.45, 7) is 0.646. The number of rotatable bonds is 4. The minimum atomic E-state index is -0.360. The van der Waals surface area contributed by atoms with Gasteiger partial charge in [0, 0.05) is 12.7 Å². The minimum absolute atomic E-state index is 0.140. The predicted octanol–water partition coefficient (Wildman–Crippen LogP) is 1.82. The molecule has 1 amide bonds. The Labute approximate surface area is 106 Å². The van der Waals surface area contributed by atoms with Gasteiger partial charge in [-0.3, -0.25) is 4.79 Å². The van der Waals surface area contributed by atoms with Gasteiger partial charge in [-0.15, -0.1) is 0 Å². The van der Waals surface area contributed by atoms with E-state index < -0.39 is 0 Å². The molecule has 0 spiro atoms. The van der Waals surface area contributed by atoms with E-state index in [-0.39, 0.29) is 12.0 Å². The Balaban J connectivity index is 2.13. The van der Waals surface area contributed by atoms with Crippen LogP contribution in [-0.4, -0.2) is 32.8 Å². The van der Waals surface area contributed by atoms with Crippen LogP contribution in [0.1, 0.15) is 12.8 Å². The van der Waals surface area contributed by atoms with Crippen molar-refractivity contribution in [2.75, 3.05) is 26.1 Å². The van der Waals surface area contributed by atoms with E-state index in [0.29, 0.717) is 23.8 Å². The first kappa shape index (κ1) is 12.7. The molecule has 1 saturated heterocycles. The smallest absolute Gasteiger partial charge is 0.253 e. The second-order valence-electron chi connectivity index (χ2n) is 4.06. The molecule has 1 aromatic rings. The highest BCUT2D eigenvalue weighted by Crippen LogP contribution is 2.29. The molecule has 1 heterocycles. The zero-order valence-corrected chi connectivity index (χ0v) is 10.6. The van der Waals surface area contributed by atoms with Crippen molar-refractivity contribution in [3.05, 3.63) is 18.2 Å². The number of carbonyl (C=O) groups excluding carboxylic acids is 1. The lowest BCUT2D eigenvalue weighted by Crippen LogP contribution is -2.27. The molecule has 0 aliphatic carbocycles. The van der Waals surface area contributed by atoms with Crippen molar-refractivity contribution in [3.63, 3.8) is 0 Å². The Kier molecular flexibility index (Phi) is 4.04. The summed E-state index contributed by atoms with van der Waals surface area (Å²) in [6, 6.07) is 5.26. The molecule has 5 heteroatoms. The second-order valence-corrected chi connectivity index (χ2v) is 4.06. The van der Waals surface area contributed by atoms with E-state index in [0.717, 1.165) is 12.8 Å². The van der Waals surface area contributed by atoms with Gasteiger partial charge in [-0.05, 0) is 25.0 Å². The zero-order valence-electron chi connectivity index (χ0n) is 10.6. The van der Waals surface area contributed by atoms with Crippen molar-refractivity contribution in [2.45, 2.75) is 18.9 Å². The van der Waals surface area contributed by atoms with Crippen molar-refractivity contribution in [1.82, 2.24) is 0 Å². The van der Waals surface area contributed by atoms with Gasteiger partial charge in [-0.2, -0.15) is 0 Å². The average Bonchev–Trinajstić information content (AvgIpc) is 2.92. The van der Waals surface area contributed by atoms with E-state index in [2.05, 4.69) is 5.32 Å². The molecule has 1 unspecified atom stereocenters. The third-order valence-electron chi connectivity index (χ3n) is 2.89. The maximum atomic E-state index is 12.0. The molecule has 0 radical (unpaired) electrons. The molecule has 5 nitrogen and oxygen atoms in total. The van der Waals surface area contributed by atoms with Gasteiger partial charge in [0.25, 0.3) is 5.91 Å². The normalized spacial score (nSPS) is 18.4. The molecule has 98 valence electrons. The highest BCUT2D eigenvalue weighted by Gasteiger charge is 2.24. The number of carbonyl (C=O) groups is 1. The van der Waals surface area contributed by atoms with E-state index in [1.807, 2.05) is 0 Å². The van der Waals surface area contributed by atoms with E-state index in [4.69, 9.17) is 14.2 Å². The fraction of sp³-hybridized carbons (Fsp3) is 0.462. The molecule has 0 saturated carbocycles. The van der Waals surface area contributed by atoms with Crippen LogP contribution >= 0.6 is 0 Å². The molecule has 1 atom stereocenters. The molecular weight excluding hydrogens is 234 g/mol. The standard InChI is InChI=1S/C13H17NO4/c1-16-9-5-6-11(17-2)10(8-9)14-13(15)12-4-3-7-18-12/h5-6,8,12H,3-4,7H2,1-2H3,(H,14,15). The van der Waals surface area contributed by atoms with Crippen LogP contribution in [0.2, 0.25) is 0 Å². The van der Waals surface area contributed by atoms with Gasteiger partial charge < -0.3 is 19.5 Å². The molecule has 1 aliphatic heterocycles. The summed E-state index contributed by atoms with van der Waals surface area (Å²) in [6.07, 6.45) is 1.33. The van der Waals surface area contributed by atoms with E-state index in [1.54, 1.807) is 32.4 Å². The average molecular weight is 251 g/mol. The van der Waals surface area contributed by atoms with Crippen LogP contribution in [0.5, 0.6) is 11.5 Å². The zero-order chi connectivity index (χ0) is 13.0. The maximum Gasteiger partial charge on any atom is 0.253 e. The largest absolute Gasteiger partial charge is 0.497 e. The molecule has 1 N–H and O–H groups in total. The fourth-order valence-electron chi connectivity index (χ4n) is 1.91. The van der Waals surface area contributed by atoms with Crippen LogP contribution in [0.3, 0.4) is 0 Å². The van der Waals surface area contributed by atoms with Crippen LogP contribution in [0.4, 0.5) is 5.69 Å². The van der Waals surface area contributed by atoms with Crippen LogP contribution < -0.4 is 14.8 Å². The molecular formula is C13H17NO4. The van der Waals surface area contributed by atoms with Crippen molar-refractivity contribution in [3.8, 4) is 11.5 Å². The van der Waals surface area contributed by atoms with Gasteiger partial charge in [0.15, 0.2) is 0 Å². The topological polar surface area (TPSA) is 56.8 Å². The van der Waals surface area contributed by atoms with E-state index in [1.165, 1.54) is 0 Å². The first-order chi connectivity index (χ1) is 8.74. The molecule has 0 bridgehead atoms. The van der Waals surface area contributed by atoms with Gasteiger partial charge in [0.05, 0.1) is 19.9 Å². The number of ether oxygens (including phenoxy) is 3. The van der Waals surface area contributed by atoms with Crippen molar-refractivity contribution >= 4 is 11.6 Å². The number of anilines is 1.